The molecule has 0 atom stereocenters. The molecule has 0 unspecified atom stereocenters. The Hall–Kier alpha value is -2.56. The average molecular weight is 243 g/mol. The summed E-state index contributed by atoms with van der Waals surface area (Å²) in [6, 6.07) is 11.4. The van der Waals surface area contributed by atoms with Gasteiger partial charge in [-0.05, 0) is 11.6 Å². The van der Waals surface area contributed by atoms with Crippen LogP contribution in [-0.4, -0.2) is 16.0 Å². The summed E-state index contributed by atoms with van der Waals surface area (Å²) in [5.41, 5.74) is 7.11. The molecule has 5 heteroatoms. The van der Waals surface area contributed by atoms with Crippen molar-refractivity contribution >= 4 is 5.84 Å². The van der Waals surface area contributed by atoms with Crippen molar-refractivity contribution in [2.75, 3.05) is 0 Å². The fraction of sp³-hybridized carbons (Fsp3) is 0.0769. The lowest BCUT2D eigenvalue weighted by atomic mass is 10.2. The number of aromatic nitrogens is 1. The monoisotopic (exact) mass is 243 g/mol. The lowest BCUT2D eigenvalue weighted by molar-refractivity contribution is 0.302. The van der Waals surface area contributed by atoms with Crippen molar-refractivity contribution in [2.45, 2.75) is 6.61 Å². The van der Waals surface area contributed by atoms with Crippen LogP contribution < -0.4 is 10.5 Å². The zero-order chi connectivity index (χ0) is 12.8. The first-order valence-electron chi connectivity index (χ1n) is 5.40. The second-order valence-corrected chi connectivity index (χ2v) is 3.63. The summed E-state index contributed by atoms with van der Waals surface area (Å²) in [6.45, 7) is 0.401. The molecule has 0 saturated heterocycles. The minimum absolute atomic E-state index is 0.000427. The number of rotatable bonds is 4. The summed E-state index contributed by atoms with van der Waals surface area (Å²) < 4.78 is 5.61. The van der Waals surface area contributed by atoms with Gasteiger partial charge < -0.3 is 15.7 Å². The van der Waals surface area contributed by atoms with Crippen molar-refractivity contribution in [3.05, 3.63) is 59.9 Å². The first kappa shape index (κ1) is 11.9. The van der Waals surface area contributed by atoms with Crippen LogP contribution in [0.25, 0.3) is 0 Å². The predicted molar refractivity (Wildman–Crippen MR) is 67.5 cm³/mol. The lowest BCUT2D eigenvalue weighted by Crippen LogP contribution is -2.15. The Morgan fingerprint density at radius 3 is 2.78 bits per heavy atom. The molecule has 92 valence electrons. The molecule has 2 rings (SSSR count). The van der Waals surface area contributed by atoms with Crippen LogP contribution in [0.15, 0.2) is 53.9 Å². The Morgan fingerprint density at radius 1 is 1.28 bits per heavy atom. The molecular formula is C13H13N3O2. The first-order valence-corrected chi connectivity index (χ1v) is 5.40. The average Bonchev–Trinajstić information content (AvgIpc) is 2.45. The van der Waals surface area contributed by atoms with Crippen LogP contribution in [0.3, 0.4) is 0 Å². The van der Waals surface area contributed by atoms with Gasteiger partial charge >= 0.3 is 0 Å². The van der Waals surface area contributed by atoms with Gasteiger partial charge in [0.25, 0.3) is 0 Å². The summed E-state index contributed by atoms with van der Waals surface area (Å²) in [6.07, 6.45) is 3.10. The summed E-state index contributed by atoms with van der Waals surface area (Å²) in [5, 5.41) is 11.6. The molecular weight excluding hydrogens is 230 g/mol. The van der Waals surface area contributed by atoms with E-state index in [9.17, 15) is 0 Å². The quantitative estimate of drug-likeness (QED) is 0.371. The van der Waals surface area contributed by atoms with Crippen molar-refractivity contribution in [3.8, 4) is 5.75 Å². The van der Waals surface area contributed by atoms with Gasteiger partial charge in [-0.15, -0.1) is 0 Å². The summed E-state index contributed by atoms with van der Waals surface area (Å²) >= 11 is 0. The molecule has 0 radical (unpaired) electrons. The minimum Gasteiger partial charge on any atom is -0.487 e. The molecule has 0 amide bonds. The number of hydrogen-bond donors (Lipinski definition) is 2. The normalized spacial score (nSPS) is 11.2. The molecule has 3 N–H and O–H groups in total. The van der Waals surface area contributed by atoms with Gasteiger partial charge in [0, 0.05) is 6.20 Å². The van der Waals surface area contributed by atoms with Gasteiger partial charge in [-0.3, -0.25) is 4.98 Å². The number of hydrogen-bond acceptors (Lipinski definition) is 4. The maximum absolute atomic E-state index is 8.68. The second-order valence-electron chi connectivity index (χ2n) is 3.63. The smallest absolute Gasteiger partial charge is 0.173 e. The van der Waals surface area contributed by atoms with Gasteiger partial charge in [-0.2, -0.15) is 0 Å². The summed E-state index contributed by atoms with van der Waals surface area (Å²) in [7, 11) is 0. The van der Waals surface area contributed by atoms with Crippen LogP contribution in [0.5, 0.6) is 5.75 Å². The predicted octanol–water partition coefficient (Wildman–Crippen LogP) is 1.76. The number of nitrogens with zero attached hydrogens (tertiary/aromatic N) is 2. The highest BCUT2D eigenvalue weighted by atomic mass is 16.5. The first-order chi connectivity index (χ1) is 8.81. The van der Waals surface area contributed by atoms with E-state index in [0.29, 0.717) is 17.9 Å². The van der Waals surface area contributed by atoms with Gasteiger partial charge in [0.2, 0.25) is 0 Å². The molecule has 0 saturated carbocycles. The summed E-state index contributed by atoms with van der Waals surface area (Å²) in [5.74, 6) is 0.483. The highest BCUT2D eigenvalue weighted by molar-refractivity contribution is 5.99. The van der Waals surface area contributed by atoms with Crippen molar-refractivity contribution in [1.82, 2.24) is 4.98 Å². The van der Waals surface area contributed by atoms with Crippen molar-refractivity contribution in [1.29, 1.82) is 0 Å². The second kappa shape index (κ2) is 5.67. The van der Waals surface area contributed by atoms with Crippen LogP contribution >= 0.6 is 0 Å². The van der Waals surface area contributed by atoms with E-state index in [1.807, 2.05) is 30.3 Å². The molecule has 0 aliphatic heterocycles. The fourth-order valence-corrected chi connectivity index (χ4v) is 1.50. The van der Waals surface area contributed by atoms with E-state index in [1.165, 1.54) is 6.20 Å². The van der Waals surface area contributed by atoms with E-state index in [2.05, 4.69) is 10.1 Å². The van der Waals surface area contributed by atoms with Crippen LogP contribution in [-0.2, 0) is 6.61 Å². The number of benzene rings is 1. The number of amidine groups is 1. The zero-order valence-corrected chi connectivity index (χ0v) is 9.65. The molecule has 5 nitrogen and oxygen atoms in total. The number of nitrogens with two attached hydrogens (primary N) is 1. The van der Waals surface area contributed by atoms with Gasteiger partial charge in [0.15, 0.2) is 5.84 Å². The van der Waals surface area contributed by atoms with Crippen molar-refractivity contribution in [3.63, 3.8) is 0 Å². The third-order valence-corrected chi connectivity index (χ3v) is 2.41. The van der Waals surface area contributed by atoms with Gasteiger partial charge in [0.05, 0.1) is 11.8 Å². The van der Waals surface area contributed by atoms with Crippen LogP contribution in [0.1, 0.15) is 11.1 Å². The van der Waals surface area contributed by atoms with Crippen LogP contribution in [0, 0.1) is 0 Å². The molecule has 0 aliphatic rings. The lowest BCUT2D eigenvalue weighted by Gasteiger charge is -2.09. The largest absolute Gasteiger partial charge is 0.487 e. The van der Waals surface area contributed by atoms with Crippen molar-refractivity contribution < 1.29 is 9.94 Å². The molecule has 0 spiro atoms. The molecule has 0 fully saturated rings. The van der Waals surface area contributed by atoms with E-state index in [0.717, 1.165) is 5.56 Å². The van der Waals surface area contributed by atoms with E-state index in [4.69, 9.17) is 15.7 Å². The standard InChI is InChI=1S/C13H13N3O2/c14-13(16-17)11-6-7-15-8-12(11)18-9-10-4-2-1-3-5-10/h1-8,17H,9H2,(H2,14,16). The minimum atomic E-state index is 0.000427. The van der Waals surface area contributed by atoms with Gasteiger partial charge in [-0.25, -0.2) is 0 Å². The zero-order valence-electron chi connectivity index (χ0n) is 9.65. The Morgan fingerprint density at radius 2 is 2.06 bits per heavy atom. The Labute approximate surface area is 105 Å². The third kappa shape index (κ3) is 2.76. The van der Waals surface area contributed by atoms with Crippen molar-refractivity contribution in [2.24, 2.45) is 10.9 Å². The number of ether oxygens (including phenoxy) is 1. The topological polar surface area (TPSA) is 80.7 Å². The van der Waals surface area contributed by atoms with E-state index in [-0.39, 0.29) is 5.84 Å². The Kier molecular flexibility index (Phi) is 3.76. The Bertz CT molecular complexity index is 541. The highest BCUT2D eigenvalue weighted by Crippen LogP contribution is 2.17. The van der Waals surface area contributed by atoms with E-state index in [1.54, 1.807) is 12.3 Å². The summed E-state index contributed by atoms with van der Waals surface area (Å²) in [4.78, 5) is 3.96. The van der Waals surface area contributed by atoms with Crippen LogP contribution in [0.4, 0.5) is 0 Å². The van der Waals surface area contributed by atoms with E-state index < -0.39 is 0 Å². The molecule has 1 aromatic heterocycles. The fourth-order valence-electron chi connectivity index (χ4n) is 1.50. The van der Waals surface area contributed by atoms with E-state index >= 15 is 0 Å². The molecule has 0 bridgehead atoms. The molecule has 1 heterocycles. The SMILES string of the molecule is N/C(=N/O)c1ccncc1OCc1ccccc1. The molecule has 2 aromatic rings. The van der Waals surface area contributed by atoms with Gasteiger partial charge in [-0.1, -0.05) is 35.5 Å². The van der Waals surface area contributed by atoms with Gasteiger partial charge in [0.1, 0.15) is 12.4 Å². The third-order valence-electron chi connectivity index (χ3n) is 2.41. The van der Waals surface area contributed by atoms with Crippen LogP contribution in [0.2, 0.25) is 0 Å². The molecule has 0 aliphatic carbocycles. The Balaban J connectivity index is 2.15. The molecule has 18 heavy (non-hydrogen) atoms. The maximum Gasteiger partial charge on any atom is 0.173 e. The highest BCUT2D eigenvalue weighted by Gasteiger charge is 2.08. The molecule has 1 aromatic carbocycles. The number of pyridine rings is 1. The maximum atomic E-state index is 8.68. The number of oxime groups is 1.